The molecule has 2 aliphatic heterocycles. The van der Waals surface area contributed by atoms with E-state index in [0.717, 1.165) is 38.8 Å². The predicted molar refractivity (Wildman–Crippen MR) is 117 cm³/mol. The number of piperidine rings is 1. The van der Waals surface area contributed by atoms with E-state index >= 15 is 0 Å². The van der Waals surface area contributed by atoms with Crippen LogP contribution in [0.2, 0.25) is 0 Å². The molecule has 2 unspecified atom stereocenters. The van der Waals surface area contributed by atoms with Crippen molar-refractivity contribution in [1.82, 2.24) is 14.7 Å². The molecular weight excluding hydrogens is 382 g/mol. The zero-order valence-electron chi connectivity index (χ0n) is 19.4. The number of hydrogen-bond donors (Lipinski definition) is 0. The van der Waals surface area contributed by atoms with Crippen molar-refractivity contribution in [2.24, 2.45) is 5.92 Å². The lowest BCUT2D eigenvalue weighted by atomic mass is 9.94. The standard InChI is InChI=1S/C23H41N3O4/c1-5-12-24(13-6-2)21(27)8-7-9-22(28)25-14-10-20(11-15-25)23(29)26-16-18(3)30-19(4)17-26/h18-20H,5-17H2,1-4H3. The largest absolute Gasteiger partial charge is 0.372 e. The molecule has 2 aliphatic rings. The smallest absolute Gasteiger partial charge is 0.225 e. The van der Waals surface area contributed by atoms with Crippen molar-refractivity contribution in [2.75, 3.05) is 39.3 Å². The topological polar surface area (TPSA) is 70.2 Å². The molecule has 2 rings (SSSR count). The highest BCUT2D eigenvalue weighted by Gasteiger charge is 2.33. The number of rotatable bonds is 9. The van der Waals surface area contributed by atoms with Crippen LogP contribution in [-0.2, 0) is 19.1 Å². The molecule has 2 fully saturated rings. The maximum absolute atomic E-state index is 12.9. The first-order valence-corrected chi connectivity index (χ1v) is 11.8. The molecule has 0 radical (unpaired) electrons. The first-order chi connectivity index (χ1) is 14.3. The Balaban J connectivity index is 1.71. The first kappa shape index (κ1) is 24.6. The van der Waals surface area contributed by atoms with Gasteiger partial charge in [-0.05, 0) is 46.0 Å². The average Bonchev–Trinajstić information content (AvgIpc) is 2.72. The van der Waals surface area contributed by atoms with Gasteiger partial charge in [0.15, 0.2) is 0 Å². The Labute approximate surface area is 182 Å². The Hall–Kier alpha value is -1.63. The van der Waals surface area contributed by atoms with Crippen molar-refractivity contribution in [1.29, 1.82) is 0 Å². The molecule has 0 bridgehead atoms. The fraction of sp³-hybridized carbons (Fsp3) is 0.870. The fourth-order valence-electron chi connectivity index (χ4n) is 4.60. The van der Waals surface area contributed by atoms with Crippen LogP contribution >= 0.6 is 0 Å². The third kappa shape index (κ3) is 7.25. The highest BCUT2D eigenvalue weighted by molar-refractivity contribution is 5.81. The van der Waals surface area contributed by atoms with Crippen LogP contribution < -0.4 is 0 Å². The second-order valence-electron chi connectivity index (χ2n) is 8.89. The molecular formula is C23H41N3O4. The van der Waals surface area contributed by atoms with Gasteiger partial charge in [0.1, 0.15) is 0 Å². The summed E-state index contributed by atoms with van der Waals surface area (Å²) in [5, 5.41) is 0. The highest BCUT2D eigenvalue weighted by atomic mass is 16.5. The molecule has 0 aliphatic carbocycles. The van der Waals surface area contributed by atoms with Crippen LogP contribution in [0.25, 0.3) is 0 Å². The maximum atomic E-state index is 12.9. The van der Waals surface area contributed by atoms with E-state index in [1.807, 2.05) is 28.5 Å². The monoisotopic (exact) mass is 423 g/mol. The number of ether oxygens (including phenoxy) is 1. The Kier molecular flexibility index (Phi) is 10.1. The summed E-state index contributed by atoms with van der Waals surface area (Å²) >= 11 is 0. The minimum atomic E-state index is 0.00442. The van der Waals surface area contributed by atoms with Crippen LogP contribution in [0.5, 0.6) is 0 Å². The molecule has 0 N–H and O–H groups in total. The van der Waals surface area contributed by atoms with Crippen LogP contribution in [0.3, 0.4) is 0 Å². The van der Waals surface area contributed by atoms with Gasteiger partial charge in [0.2, 0.25) is 17.7 Å². The number of carbonyl (C=O) groups is 3. The van der Waals surface area contributed by atoms with Crippen LogP contribution in [0, 0.1) is 5.92 Å². The van der Waals surface area contributed by atoms with Gasteiger partial charge in [0.25, 0.3) is 0 Å². The molecule has 0 spiro atoms. The van der Waals surface area contributed by atoms with Gasteiger partial charge in [-0.15, -0.1) is 0 Å². The van der Waals surface area contributed by atoms with Gasteiger partial charge in [-0.1, -0.05) is 13.8 Å². The summed E-state index contributed by atoms with van der Waals surface area (Å²) in [6.45, 7) is 12.3. The number of hydrogen-bond acceptors (Lipinski definition) is 4. The lowest BCUT2D eigenvalue weighted by Gasteiger charge is -2.39. The first-order valence-electron chi connectivity index (χ1n) is 11.8. The van der Waals surface area contributed by atoms with E-state index in [4.69, 9.17) is 4.74 Å². The van der Waals surface area contributed by atoms with Crippen molar-refractivity contribution < 1.29 is 19.1 Å². The molecule has 7 heteroatoms. The van der Waals surface area contributed by atoms with E-state index < -0.39 is 0 Å². The van der Waals surface area contributed by atoms with Gasteiger partial charge in [-0.3, -0.25) is 14.4 Å². The molecule has 0 saturated carbocycles. The number of carbonyl (C=O) groups excluding carboxylic acids is 3. The predicted octanol–water partition coefficient (Wildman–Crippen LogP) is 2.68. The van der Waals surface area contributed by atoms with Crippen molar-refractivity contribution >= 4 is 17.7 Å². The van der Waals surface area contributed by atoms with Crippen LogP contribution in [0.1, 0.15) is 72.6 Å². The molecule has 172 valence electrons. The van der Waals surface area contributed by atoms with E-state index in [1.54, 1.807) is 0 Å². The molecule has 0 aromatic carbocycles. The summed E-state index contributed by atoms with van der Waals surface area (Å²) in [7, 11) is 0. The highest BCUT2D eigenvalue weighted by Crippen LogP contribution is 2.23. The van der Waals surface area contributed by atoms with E-state index in [0.29, 0.717) is 45.4 Å². The third-order valence-electron chi connectivity index (χ3n) is 6.05. The summed E-state index contributed by atoms with van der Waals surface area (Å²) in [5.74, 6) is 0.482. The molecule has 3 amide bonds. The SMILES string of the molecule is CCCN(CCC)C(=O)CCCC(=O)N1CCC(C(=O)N2CC(C)OC(C)C2)CC1. The average molecular weight is 424 g/mol. The maximum Gasteiger partial charge on any atom is 0.225 e. The Morgan fingerprint density at radius 3 is 2.00 bits per heavy atom. The summed E-state index contributed by atoms with van der Waals surface area (Å²) < 4.78 is 5.72. The van der Waals surface area contributed by atoms with Gasteiger partial charge in [0.05, 0.1) is 12.2 Å². The minimum Gasteiger partial charge on any atom is -0.372 e. The lowest BCUT2D eigenvalue weighted by molar-refractivity contribution is -0.150. The lowest BCUT2D eigenvalue weighted by Crippen LogP contribution is -2.51. The number of likely N-dealkylation sites (tertiary alicyclic amines) is 1. The van der Waals surface area contributed by atoms with E-state index in [1.165, 1.54) is 0 Å². The molecule has 7 nitrogen and oxygen atoms in total. The molecule has 0 aromatic heterocycles. The quantitative estimate of drug-likeness (QED) is 0.572. The summed E-state index contributed by atoms with van der Waals surface area (Å²) in [6.07, 6.45) is 4.98. The van der Waals surface area contributed by atoms with Gasteiger partial charge in [-0.25, -0.2) is 0 Å². The normalized spacial score (nSPS) is 22.8. The number of amides is 3. The third-order valence-corrected chi connectivity index (χ3v) is 6.05. The van der Waals surface area contributed by atoms with Gasteiger partial charge in [-0.2, -0.15) is 0 Å². The van der Waals surface area contributed by atoms with Gasteiger partial charge in [0, 0.05) is 58.0 Å². The Bertz CT molecular complexity index is 559. The Morgan fingerprint density at radius 1 is 0.900 bits per heavy atom. The van der Waals surface area contributed by atoms with Gasteiger partial charge < -0.3 is 19.4 Å². The summed E-state index contributed by atoms with van der Waals surface area (Å²) in [6, 6.07) is 0. The molecule has 2 atom stereocenters. The fourth-order valence-corrected chi connectivity index (χ4v) is 4.60. The van der Waals surface area contributed by atoms with Crippen LogP contribution in [-0.4, -0.2) is 83.9 Å². The van der Waals surface area contributed by atoms with Crippen molar-refractivity contribution in [3.05, 3.63) is 0 Å². The van der Waals surface area contributed by atoms with Crippen molar-refractivity contribution in [3.8, 4) is 0 Å². The van der Waals surface area contributed by atoms with Crippen LogP contribution in [0.15, 0.2) is 0 Å². The summed E-state index contributed by atoms with van der Waals surface area (Å²) in [5.41, 5.74) is 0. The minimum absolute atomic E-state index is 0.00442. The van der Waals surface area contributed by atoms with E-state index in [2.05, 4.69) is 13.8 Å². The molecule has 30 heavy (non-hydrogen) atoms. The summed E-state index contributed by atoms with van der Waals surface area (Å²) in [4.78, 5) is 43.5. The number of nitrogens with zero attached hydrogens (tertiary/aromatic N) is 3. The van der Waals surface area contributed by atoms with Crippen molar-refractivity contribution in [2.45, 2.75) is 84.8 Å². The van der Waals surface area contributed by atoms with E-state index in [9.17, 15) is 14.4 Å². The Morgan fingerprint density at radius 2 is 1.47 bits per heavy atom. The van der Waals surface area contributed by atoms with E-state index in [-0.39, 0.29) is 35.8 Å². The zero-order valence-corrected chi connectivity index (χ0v) is 19.4. The number of morpholine rings is 1. The zero-order chi connectivity index (χ0) is 22.1. The molecule has 2 saturated heterocycles. The van der Waals surface area contributed by atoms with Gasteiger partial charge >= 0.3 is 0 Å². The molecule has 2 heterocycles. The van der Waals surface area contributed by atoms with Crippen LogP contribution in [0.4, 0.5) is 0 Å². The second-order valence-corrected chi connectivity index (χ2v) is 8.89. The van der Waals surface area contributed by atoms with Crippen molar-refractivity contribution in [3.63, 3.8) is 0 Å². The molecule has 0 aromatic rings. The second kappa shape index (κ2) is 12.3.